The molecule has 0 amide bonds. The van der Waals surface area contributed by atoms with Crippen LogP contribution in [0.2, 0.25) is 0 Å². The van der Waals surface area contributed by atoms with Crippen LogP contribution >= 0.6 is 0 Å². The zero-order valence-electron chi connectivity index (χ0n) is 31.7. The van der Waals surface area contributed by atoms with Crippen molar-refractivity contribution >= 4 is 44.6 Å². The Hall–Kier alpha value is -6.38. The van der Waals surface area contributed by atoms with Crippen molar-refractivity contribution in [3.8, 4) is 22.3 Å². The molecule has 0 bridgehead atoms. The Balaban J connectivity index is 0.998. The summed E-state index contributed by atoms with van der Waals surface area (Å²) in [5.74, 6) is 0.919. The van der Waals surface area contributed by atoms with Gasteiger partial charge in [0.2, 0.25) is 0 Å². The number of allylic oxidation sites excluding steroid dienone is 4. The molecule has 1 heterocycles. The highest BCUT2D eigenvalue weighted by Gasteiger charge is 2.35. The van der Waals surface area contributed by atoms with Crippen molar-refractivity contribution in [1.82, 2.24) is 4.57 Å². The lowest BCUT2D eigenvalue weighted by Crippen LogP contribution is -2.16. The minimum Gasteiger partial charge on any atom is -0.310 e. The maximum absolute atomic E-state index is 2.46. The van der Waals surface area contributed by atoms with Crippen LogP contribution in [-0.2, 0) is 11.8 Å². The molecule has 0 N–H and O–H groups in total. The van der Waals surface area contributed by atoms with Crippen LogP contribution in [0, 0.1) is 11.8 Å². The predicted octanol–water partition coefficient (Wildman–Crippen LogP) is 14.1. The highest BCUT2D eigenvalue weighted by molar-refractivity contribution is 6.11. The van der Waals surface area contributed by atoms with E-state index in [0.29, 0.717) is 11.8 Å². The SMILES string of the molecule is CC1C=C(n2c3ccccc3c3cc(-c4ccc(N(c5ccccc5)c5ccc6c(c5)C(C)(C)c5ccccc5-6)cc4)ccc32)C=CC1Cc1ccccc1. The Kier molecular flexibility index (Phi) is 7.96. The molecule has 2 nitrogen and oxygen atoms in total. The van der Waals surface area contributed by atoms with Gasteiger partial charge in [-0.25, -0.2) is 0 Å². The molecule has 2 atom stereocenters. The Labute approximate surface area is 324 Å². The molecule has 0 radical (unpaired) electrons. The predicted molar refractivity (Wildman–Crippen MR) is 233 cm³/mol. The van der Waals surface area contributed by atoms with E-state index < -0.39 is 0 Å². The van der Waals surface area contributed by atoms with Gasteiger partial charge in [-0.2, -0.15) is 0 Å². The van der Waals surface area contributed by atoms with E-state index in [-0.39, 0.29) is 5.41 Å². The summed E-state index contributed by atoms with van der Waals surface area (Å²) in [4.78, 5) is 2.39. The number of anilines is 3. The van der Waals surface area contributed by atoms with E-state index >= 15 is 0 Å². The van der Waals surface area contributed by atoms with Crippen molar-refractivity contribution in [2.24, 2.45) is 11.8 Å². The summed E-state index contributed by atoms with van der Waals surface area (Å²) in [5, 5.41) is 2.56. The van der Waals surface area contributed by atoms with Gasteiger partial charge >= 0.3 is 0 Å². The fourth-order valence-corrected chi connectivity index (χ4v) is 9.22. The largest absolute Gasteiger partial charge is 0.310 e. The first-order chi connectivity index (χ1) is 26.9. The summed E-state index contributed by atoms with van der Waals surface area (Å²) >= 11 is 0. The van der Waals surface area contributed by atoms with Crippen LogP contribution < -0.4 is 4.90 Å². The van der Waals surface area contributed by atoms with Crippen molar-refractivity contribution in [3.63, 3.8) is 0 Å². The van der Waals surface area contributed by atoms with Gasteiger partial charge in [0.15, 0.2) is 0 Å². The molecule has 0 fully saturated rings. The first-order valence-electron chi connectivity index (χ1n) is 19.6. The van der Waals surface area contributed by atoms with Crippen LogP contribution in [0.4, 0.5) is 17.1 Å². The normalized spacial score (nSPS) is 16.9. The minimum absolute atomic E-state index is 0.0667. The third kappa shape index (κ3) is 5.63. The Bertz CT molecular complexity index is 2760. The summed E-state index contributed by atoms with van der Waals surface area (Å²) in [6, 6.07) is 62.4. The van der Waals surface area contributed by atoms with Crippen LogP contribution in [0.3, 0.4) is 0 Å². The molecule has 266 valence electrons. The Morgan fingerprint density at radius 2 is 1.18 bits per heavy atom. The summed E-state index contributed by atoms with van der Waals surface area (Å²) < 4.78 is 2.46. The summed E-state index contributed by atoms with van der Waals surface area (Å²) in [5.41, 5.74) is 16.4. The highest BCUT2D eigenvalue weighted by Crippen LogP contribution is 2.50. The van der Waals surface area contributed by atoms with Gasteiger partial charge in [0, 0.05) is 38.9 Å². The van der Waals surface area contributed by atoms with Crippen molar-refractivity contribution in [2.45, 2.75) is 32.6 Å². The second-order valence-corrected chi connectivity index (χ2v) is 15.9. The Morgan fingerprint density at radius 1 is 0.545 bits per heavy atom. The number of benzene rings is 7. The average molecular weight is 709 g/mol. The van der Waals surface area contributed by atoms with Gasteiger partial charge in [-0.05, 0) is 118 Å². The van der Waals surface area contributed by atoms with E-state index in [1.54, 1.807) is 0 Å². The number of nitrogens with zero attached hydrogens (tertiary/aromatic N) is 2. The number of hydrogen-bond acceptors (Lipinski definition) is 1. The molecule has 1 aromatic heterocycles. The number of hydrogen-bond donors (Lipinski definition) is 0. The van der Waals surface area contributed by atoms with E-state index in [1.165, 1.54) is 72.1 Å². The third-order valence-corrected chi connectivity index (χ3v) is 12.2. The fraction of sp³-hybridized carbons (Fsp3) is 0.132. The standard InChI is InChI=1S/C53H44N2/c1-36-32-43(28-24-39(36)33-37-14-6-4-7-15-37)55-51-21-13-11-19-47(51)48-34-40(25-31-52(48)55)38-22-26-42(27-23-38)54(41-16-8-5-9-17-41)44-29-30-46-45-18-10-12-20-49(45)53(2,3)50(46)35-44/h4-32,34-36,39H,33H2,1-3H3. The fourth-order valence-electron chi connectivity index (χ4n) is 9.22. The number of rotatable bonds is 7. The van der Waals surface area contributed by atoms with Crippen LogP contribution in [0.1, 0.15) is 37.5 Å². The van der Waals surface area contributed by atoms with Gasteiger partial charge in [0.05, 0.1) is 11.0 Å². The molecule has 0 saturated heterocycles. The molecule has 10 rings (SSSR count). The molecule has 0 aliphatic heterocycles. The quantitative estimate of drug-likeness (QED) is 0.160. The maximum Gasteiger partial charge on any atom is 0.0541 e. The number of para-hydroxylation sites is 2. The maximum atomic E-state index is 2.46. The van der Waals surface area contributed by atoms with Gasteiger partial charge in [0.25, 0.3) is 0 Å². The molecule has 2 heteroatoms. The molecule has 0 spiro atoms. The van der Waals surface area contributed by atoms with E-state index in [1.807, 2.05) is 0 Å². The van der Waals surface area contributed by atoms with Crippen molar-refractivity contribution in [2.75, 3.05) is 4.90 Å². The first-order valence-corrected chi connectivity index (χ1v) is 19.6. The number of aromatic nitrogens is 1. The molecule has 2 aliphatic carbocycles. The second-order valence-electron chi connectivity index (χ2n) is 15.9. The Morgan fingerprint density at radius 3 is 1.98 bits per heavy atom. The second kappa shape index (κ2) is 13.2. The summed E-state index contributed by atoms with van der Waals surface area (Å²) in [6.07, 6.45) is 8.28. The van der Waals surface area contributed by atoms with Gasteiger partial charge in [-0.3, -0.25) is 0 Å². The molecular formula is C53H44N2. The molecular weight excluding hydrogens is 665 g/mol. The topological polar surface area (TPSA) is 8.17 Å². The van der Waals surface area contributed by atoms with E-state index in [2.05, 4.69) is 218 Å². The molecule has 55 heavy (non-hydrogen) atoms. The molecule has 2 aliphatic rings. The zero-order valence-corrected chi connectivity index (χ0v) is 31.7. The lowest BCUT2D eigenvalue weighted by Gasteiger charge is -2.28. The van der Waals surface area contributed by atoms with Crippen molar-refractivity contribution < 1.29 is 0 Å². The van der Waals surface area contributed by atoms with Crippen LogP contribution in [-0.4, -0.2) is 4.57 Å². The van der Waals surface area contributed by atoms with Crippen molar-refractivity contribution in [1.29, 1.82) is 0 Å². The molecule has 7 aromatic carbocycles. The van der Waals surface area contributed by atoms with E-state index in [0.717, 1.165) is 17.8 Å². The monoisotopic (exact) mass is 708 g/mol. The number of fused-ring (bicyclic) bond motifs is 6. The van der Waals surface area contributed by atoms with Crippen molar-refractivity contribution in [3.05, 3.63) is 205 Å². The van der Waals surface area contributed by atoms with Gasteiger partial charge in [0.1, 0.15) is 0 Å². The third-order valence-electron chi connectivity index (χ3n) is 12.2. The highest BCUT2D eigenvalue weighted by atomic mass is 15.1. The lowest BCUT2D eigenvalue weighted by atomic mass is 9.82. The zero-order chi connectivity index (χ0) is 37.1. The van der Waals surface area contributed by atoms with Crippen LogP contribution in [0.15, 0.2) is 188 Å². The smallest absolute Gasteiger partial charge is 0.0541 e. The van der Waals surface area contributed by atoms with Gasteiger partial charge < -0.3 is 9.47 Å². The average Bonchev–Trinajstić information content (AvgIpc) is 3.68. The van der Waals surface area contributed by atoms with Gasteiger partial charge in [-0.1, -0.05) is 148 Å². The summed E-state index contributed by atoms with van der Waals surface area (Å²) in [6.45, 7) is 7.06. The van der Waals surface area contributed by atoms with E-state index in [4.69, 9.17) is 0 Å². The summed E-state index contributed by atoms with van der Waals surface area (Å²) in [7, 11) is 0. The van der Waals surface area contributed by atoms with E-state index in [9.17, 15) is 0 Å². The van der Waals surface area contributed by atoms with Gasteiger partial charge in [-0.15, -0.1) is 0 Å². The van der Waals surface area contributed by atoms with Crippen LogP contribution in [0.25, 0.3) is 49.8 Å². The minimum atomic E-state index is -0.0667. The molecule has 8 aromatic rings. The molecule has 0 saturated carbocycles. The first kappa shape index (κ1) is 33.2. The lowest BCUT2D eigenvalue weighted by molar-refractivity contribution is 0.504. The molecule has 2 unspecified atom stereocenters. The van der Waals surface area contributed by atoms with Crippen LogP contribution in [0.5, 0.6) is 0 Å².